The molecule has 1 aliphatic rings. The first-order chi connectivity index (χ1) is 20.8. The number of anilines is 1. The maximum Gasteiger partial charge on any atom is 0.303 e. The average molecular weight is 605 g/mol. The Morgan fingerprint density at radius 2 is 1.74 bits per heavy atom. The fourth-order valence-corrected chi connectivity index (χ4v) is 6.32. The van der Waals surface area contributed by atoms with E-state index in [1.165, 1.54) is 6.07 Å². The SMILES string of the molecule is CCC(Oc1cccc2ccc(-c3ccc(N(CC)CC)cc3)nc12)OS(=O)(=O)c1ccc(C)cc1OC1CCCCO1. The summed E-state index contributed by atoms with van der Waals surface area (Å²) in [6.07, 6.45) is 1.34. The number of benzene rings is 3. The molecule has 2 heterocycles. The Balaban J connectivity index is 1.39. The first-order valence-corrected chi connectivity index (χ1v) is 16.5. The summed E-state index contributed by atoms with van der Waals surface area (Å²) in [6, 6.07) is 22.8. The summed E-state index contributed by atoms with van der Waals surface area (Å²) in [4.78, 5) is 7.15. The van der Waals surface area contributed by atoms with Crippen LogP contribution in [0.4, 0.5) is 5.69 Å². The van der Waals surface area contributed by atoms with Gasteiger partial charge in [-0.1, -0.05) is 43.3 Å². The number of fused-ring (bicyclic) bond motifs is 1. The summed E-state index contributed by atoms with van der Waals surface area (Å²) in [5.74, 6) is 0.655. The van der Waals surface area contributed by atoms with Crippen LogP contribution >= 0.6 is 0 Å². The Morgan fingerprint density at radius 1 is 0.953 bits per heavy atom. The molecule has 1 aliphatic heterocycles. The van der Waals surface area contributed by atoms with Gasteiger partial charge in [-0.05, 0) is 75.6 Å². The van der Waals surface area contributed by atoms with Crippen molar-refractivity contribution in [2.45, 2.75) is 70.9 Å². The molecule has 1 aromatic heterocycles. The number of pyridine rings is 1. The molecule has 0 amide bonds. The fraction of sp³-hybridized carbons (Fsp3) is 0.382. The van der Waals surface area contributed by atoms with Gasteiger partial charge in [0, 0.05) is 42.6 Å². The van der Waals surface area contributed by atoms with E-state index in [-0.39, 0.29) is 17.1 Å². The monoisotopic (exact) mass is 604 g/mol. The Morgan fingerprint density at radius 3 is 2.44 bits per heavy atom. The highest BCUT2D eigenvalue weighted by Gasteiger charge is 2.28. The van der Waals surface area contributed by atoms with E-state index < -0.39 is 22.7 Å². The molecular weight excluding hydrogens is 564 g/mol. The summed E-state index contributed by atoms with van der Waals surface area (Å²) in [7, 11) is -4.24. The minimum Gasteiger partial charge on any atom is -0.463 e. The molecule has 0 radical (unpaired) electrons. The van der Waals surface area contributed by atoms with Crippen molar-refractivity contribution in [3.8, 4) is 22.8 Å². The van der Waals surface area contributed by atoms with Crippen molar-refractivity contribution in [3.05, 3.63) is 78.4 Å². The molecule has 1 saturated heterocycles. The summed E-state index contributed by atoms with van der Waals surface area (Å²) >= 11 is 0. The van der Waals surface area contributed by atoms with Gasteiger partial charge in [0.2, 0.25) is 6.29 Å². The minimum atomic E-state index is -4.24. The molecular formula is C34H40N2O6S. The van der Waals surface area contributed by atoms with E-state index in [0.29, 0.717) is 24.3 Å². The molecule has 4 aromatic rings. The molecule has 2 unspecified atom stereocenters. The second-order valence-electron chi connectivity index (χ2n) is 10.6. The molecule has 9 heteroatoms. The number of hydrogen-bond acceptors (Lipinski definition) is 8. The van der Waals surface area contributed by atoms with Crippen LogP contribution in [0.1, 0.15) is 52.0 Å². The van der Waals surface area contributed by atoms with Gasteiger partial charge in [0.25, 0.3) is 0 Å². The van der Waals surface area contributed by atoms with Crippen LogP contribution in [0.15, 0.2) is 77.7 Å². The van der Waals surface area contributed by atoms with E-state index in [0.717, 1.165) is 53.8 Å². The largest absolute Gasteiger partial charge is 0.463 e. The standard InChI is InChI=1S/C34H40N2O6S/c1-5-32(42-43(37,38)31-21-14-24(4)23-30(31)41-33-13-8-9-22-39-33)40-29-12-10-11-26-17-20-28(35-34(26)29)25-15-18-27(19-16-25)36(6-2)7-3/h10-12,14-21,23,32-33H,5-9,13,22H2,1-4H3. The molecule has 0 N–H and O–H groups in total. The van der Waals surface area contributed by atoms with Gasteiger partial charge in [-0.3, -0.25) is 0 Å². The number of nitrogens with zero attached hydrogens (tertiary/aromatic N) is 2. The van der Waals surface area contributed by atoms with Gasteiger partial charge in [-0.2, -0.15) is 8.42 Å². The number of para-hydroxylation sites is 1. The number of ether oxygens (including phenoxy) is 3. The first-order valence-electron chi connectivity index (χ1n) is 15.0. The van der Waals surface area contributed by atoms with E-state index in [1.54, 1.807) is 18.2 Å². The van der Waals surface area contributed by atoms with Gasteiger partial charge in [0.05, 0.1) is 12.3 Å². The van der Waals surface area contributed by atoms with Crippen molar-refractivity contribution in [3.63, 3.8) is 0 Å². The number of aromatic nitrogens is 1. The summed E-state index contributed by atoms with van der Waals surface area (Å²) in [5, 5.41) is 0.875. The van der Waals surface area contributed by atoms with Crippen molar-refractivity contribution in [2.24, 2.45) is 0 Å². The average Bonchev–Trinajstić information content (AvgIpc) is 3.02. The van der Waals surface area contributed by atoms with Crippen molar-refractivity contribution in [1.82, 2.24) is 4.98 Å². The summed E-state index contributed by atoms with van der Waals surface area (Å²) in [5.41, 5.74) is 4.43. The third-order valence-electron chi connectivity index (χ3n) is 7.57. The van der Waals surface area contributed by atoms with Crippen LogP contribution in [-0.2, 0) is 19.0 Å². The normalized spacial score (nSPS) is 16.1. The van der Waals surface area contributed by atoms with Crippen LogP contribution in [0.25, 0.3) is 22.2 Å². The lowest BCUT2D eigenvalue weighted by atomic mass is 10.1. The van der Waals surface area contributed by atoms with Gasteiger partial charge >= 0.3 is 10.1 Å². The Labute approximate surface area is 254 Å². The lowest BCUT2D eigenvalue weighted by Crippen LogP contribution is -2.27. The predicted molar refractivity (Wildman–Crippen MR) is 169 cm³/mol. The third kappa shape index (κ3) is 7.29. The van der Waals surface area contributed by atoms with Gasteiger partial charge in [-0.25, -0.2) is 9.17 Å². The molecule has 8 nitrogen and oxygen atoms in total. The highest BCUT2D eigenvalue weighted by molar-refractivity contribution is 7.86. The molecule has 43 heavy (non-hydrogen) atoms. The smallest absolute Gasteiger partial charge is 0.303 e. The zero-order chi connectivity index (χ0) is 30.4. The van der Waals surface area contributed by atoms with Gasteiger partial charge in [-0.15, -0.1) is 0 Å². The van der Waals surface area contributed by atoms with Crippen LogP contribution in [0.5, 0.6) is 11.5 Å². The highest BCUT2D eigenvalue weighted by atomic mass is 32.2. The van der Waals surface area contributed by atoms with E-state index >= 15 is 0 Å². The zero-order valence-electron chi connectivity index (χ0n) is 25.3. The van der Waals surface area contributed by atoms with Gasteiger partial charge in [0.1, 0.15) is 21.9 Å². The fourth-order valence-electron chi connectivity index (χ4n) is 5.17. The second-order valence-corrected chi connectivity index (χ2v) is 12.2. The molecule has 0 spiro atoms. The van der Waals surface area contributed by atoms with Crippen molar-refractivity contribution >= 4 is 26.7 Å². The quantitative estimate of drug-likeness (QED) is 0.122. The van der Waals surface area contributed by atoms with Crippen molar-refractivity contribution in [2.75, 3.05) is 24.6 Å². The highest BCUT2D eigenvalue weighted by Crippen LogP contribution is 2.33. The Hall–Kier alpha value is -3.66. The van der Waals surface area contributed by atoms with Crippen LogP contribution in [0.3, 0.4) is 0 Å². The van der Waals surface area contributed by atoms with E-state index in [9.17, 15) is 8.42 Å². The van der Waals surface area contributed by atoms with E-state index in [1.807, 2.05) is 38.1 Å². The molecule has 5 rings (SSSR count). The van der Waals surface area contributed by atoms with Crippen molar-refractivity contribution < 1.29 is 26.8 Å². The minimum absolute atomic E-state index is 0.0548. The zero-order valence-corrected chi connectivity index (χ0v) is 26.1. The molecule has 228 valence electrons. The Bertz CT molecular complexity index is 1630. The predicted octanol–water partition coefficient (Wildman–Crippen LogP) is 7.48. The van der Waals surface area contributed by atoms with Crippen LogP contribution in [0.2, 0.25) is 0 Å². The van der Waals surface area contributed by atoms with E-state index in [2.05, 4.69) is 43.0 Å². The molecule has 0 bridgehead atoms. The number of aryl methyl sites for hydroxylation is 1. The van der Waals surface area contributed by atoms with Gasteiger partial charge < -0.3 is 19.1 Å². The van der Waals surface area contributed by atoms with Crippen LogP contribution < -0.4 is 14.4 Å². The molecule has 3 aromatic carbocycles. The molecule has 0 aliphatic carbocycles. The first kappa shape index (κ1) is 30.8. The second kappa shape index (κ2) is 13.8. The lowest BCUT2D eigenvalue weighted by Gasteiger charge is -2.25. The van der Waals surface area contributed by atoms with Crippen LogP contribution in [-0.4, -0.2) is 45.7 Å². The molecule has 1 fully saturated rings. The maximum atomic E-state index is 13.5. The summed E-state index contributed by atoms with van der Waals surface area (Å²) < 4.78 is 50.6. The van der Waals surface area contributed by atoms with Gasteiger partial charge in [0.15, 0.2) is 6.29 Å². The number of hydrogen-bond donors (Lipinski definition) is 0. The maximum absolute atomic E-state index is 13.5. The topological polar surface area (TPSA) is 87.2 Å². The van der Waals surface area contributed by atoms with Crippen molar-refractivity contribution in [1.29, 1.82) is 0 Å². The molecule has 2 atom stereocenters. The lowest BCUT2D eigenvalue weighted by molar-refractivity contribution is -0.107. The summed E-state index contributed by atoms with van der Waals surface area (Å²) in [6.45, 7) is 10.4. The molecule has 0 saturated carbocycles. The van der Waals surface area contributed by atoms with E-state index in [4.69, 9.17) is 23.4 Å². The Kier molecular flexibility index (Phi) is 9.85. The van der Waals surface area contributed by atoms with Crippen LogP contribution in [0, 0.1) is 6.92 Å². The number of rotatable bonds is 12. The third-order valence-corrected chi connectivity index (χ3v) is 8.91.